The number of nitro groups is 1. The Hall–Kier alpha value is -2.24. The average molecular weight is 265 g/mol. The molecular formula is C13H15NO5. The van der Waals surface area contributed by atoms with E-state index in [4.69, 9.17) is 14.2 Å². The Balaban J connectivity index is 2.23. The Morgan fingerprint density at radius 1 is 1.42 bits per heavy atom. The van der Waals surface area contributed by atoms with Gasteiger partial charge in [0.25, 0.3) is 5.69 Å². The van der Waals surface area contributed by atoms with Crippen LogP contribution in [0.1, 0.15) is 19.4 Å². The molecular weight excluding hydrogens is 250 g/mol. The van der Waals surface area contributed by atoms with Crippen molar-refractivity contribution in [3.63, 3.8) is 0 Å². The first-order valence-corrected chi connectivity index (χ1v) is 5.78. The number of allylic oxidation sites excluding steroid dienone is 1. The lowest BCUT2D eigenvalue weighted by Crippen LogP contribution is -2.20. The van der Waals surface area contributed by atoms with E-state index >= 15 is 0 Å². The van der Waals surface area contributed by atoms with Crippen molar-refractivity contribution in [2.24, 2.45) is 0 Å². The van der Waals surface area contributed by atoms with Gasteiger partial charge in [0.15, 0.2) is 0 Å². The molecule has 0 fully saturated rings. The van der Waals surface area contributed by atoms with Crippen LogP contribution in [0.5, 0.6) is 5.75 Å². The number of ether oxygens (including phenoxy) is 3. The van der Waals surface area contributed by atoms with Crippen LogP contribution in [0.2, 0.25) is 0 Å². The van der Waals surface area contributed by atoms with Crippen LogP contribution in [0.15, 0.2) is 30.2 Å². The number of rotatable bonds is 4. The molecule has 1 aliphatic heterocycles. The summed E-state index contributed by atoms with van der Waals surface area (Å²) in [6.07, 6.45) is 1.80. The van der Waals surface area contributed by atoms with Crippen molar-refractivity contribution in [3.05, 3.63) is 45.9 Å². The molecule has 1 aromatic carbocycles. The number of methoxy groups -OCH3 is 1. The van der Waals surface area contributed by atoms with Crippen LogP contribution in [-0.4, -0.2) is 17.8 Å². The van der Waals surface area contributed by atoms with E-state index in [2.05, 4.69) is 0 Å². The first-order chi connectivity index (χ1) is 8.91. The summed E-state index contributed by atoms with van der Waals surface area (Å²) in [7, 11) is 1.47. The van der Waals surface area contributed by atoms with Gasteiger partial charge in [-0.05, 0) is 12.1 Å². The van der Waals surface area contributed by atoms with E-state index in [1.807, 2.05) is 0 Å². The molecule has 0 radical (unpaired) electrons. The molecule has 1 aliphatic rings. The van der Waals surface area contributed by atoms with Gasteiger partial charge in [-0.15, -0.1) is 0 Å². The lowest BCUT2D eigenvalue weighted by atomic mass is 10.1. The fourth-order valence-corrected chi connectivity index (χ4v) is 1.83. The normalized spacial score (nSPS) is 16.3. The van der Waals surface area contributed by atoms with Gasteiger partial charge in [0.2, 0.25) is 5.79 Å². The Morgan fingerprint density at radius 2 is 2.16 bits per heavy atom. The summed E-state index contributed by atoms with van der Waals surface area (Å²) in [6.45, 7) is 3.55. The molecule has 0 atom stereocenters. The van der Waals surface area contributed by atoms with E-state index in [1.165, 1.54) is 19.4 Å². The number of hydrogen-bond acceptors (Lipinski definition) is 5. The molecule has 0 aliphatic carbocycles. The zero-order valence-corrected chi connectivity index (χ0v) is 11.0. The molecule has 0 amide bonds. The zero-order chi connectivity index (χ0) is 14.0. The van der Waals surface area contributed by atoms with Gasteiger partial charge in [0.05, 0.1) is 18.1 Å². The summed E-state index contributed by atoms with van der Waals surface area (Å²) in [4.78, 5) is 10.6. The molecule has 0 bridgehead atoms. The van der Waals surface area contributed by atoms with Crippen molar-refractivity contribution in [1.82, 2.24) is 0 Å². The van der Waals surface area contributed by atoms with Gasteiger partial charge in [0, 0.05) is 25.8 Å². The van der Waals surface area contributed by atoms with E-state index < -0.39 is 10.7 Å². The molecule has 0 N–H and O–H groups in total. The topological polar surface area (TPSA) is 70.8 Å². The molecule has 6 heteroatoms. The van der Waals surface area contributed by atoms with Crippen LogP contribution in [0.4, 0.5) is 5.69 Å². The van der Waals surface area contributed by atoms with Crippen molar-refractivity contribution in [2.45, 2.75) is 26.1 Å². The van der Waals surface area contributed by atoms with Gasteiger partial charge in [-0.1, -0.05) is 0 Å². The predicted octanol–water partition coefficient (Wildman–Crippen LogP) is 2.77. The van der Waals surface area contributed by atoms with Crippen molar-refractivity contribution >= 4 is 5.69 Å². The lowest BCUT2D eigenvalue weighted by Gasteiger charge is -2.18. The highest BCUT2D eigenvalue weighted by Crippen LogP contribution is 2.31. The lowest BCUT2D eigenvalue weighted by molar-refractivity contribution is -0.385. The quantitative estimate of drug-likeness (QED) is 0.618. The maximum atomic E-state index is 11.0. The fraction of sp³-hybridized carbons (Fsp3) is 0.385. The van der Waals surface area contributed by atoms with Gasteiger partial charge in [-0.2, -0.15) is 0 Å². The first-order valence-electron chi connectivity index (χ1n) is 5.78. The van der Waals surface area contributed by atoms with Crippen molar-refractivity contribution < 1.29 is 19.1 Å². The molecule has 0 spiro atoms. The standard InChI is InChI=1S/C13H15NO5/c1-13(2)18-8-11(19-13)6-9-4-5-10(17-3)7-12(9)14(15)16/h4-5,7-8H,6H2,1-3H3. The third-order valence-electron chi connectivity index (χ3n) is 2.70. The molecule has 0 saturated carbocycles. The van der Waals surface area contributed by atoms with Crippen LogP contribution in [0.25, 0.3) is 0 Å². The Kier molecular flexibility index (Phi) is 3.33. The predicted molar refractivity (Wildman–Crippen MR) is 67.7 cm³/mol. The minimum atomic E-state index is -0.712. The van der Waals surface area contributed by atoms with Crippen molar-refractivity contribution in [2.75, 3.05) is 7.11 Å². The smallest absolute Gasteiger partial charge is 0.276 e. The maximum Gasteiger partial charge on any atom is 0.276 e. The zero-order valence-electron chi connectivity index (χ0n) is 11.0. The summed E-state index contributed by atoms with van der Waals surface area (Å²) in [5, 5.41) is 11.0. The van der Waals surface area contributed by atoms with Crippen LogP contribution in [0.3, 0.4) is 0 Å². The van der Waals surface area contributed by atoms with Gasteiger partial charge in [0.1, 0.15) is 17.8 Å². The number of nitrogens with zero attached hydrogens (tertiary/aromatic N) is 1. The van der Waals surface area contributed by atoms with Crippen molar-refractivity contribution in [1.29, 1.82) is 0 Å². The van der Waals surface area contributed by atoms with E-state index in [9.17, 15) is 10.1 Å². The highest BCUT2D eigenvalue weighted by atomic mass is 16.7. The van der Waals surface area contributed by atoms with Gasteiger partial charge < -0.3 is 14.2 Å². The fourth-order valence-electron chi connectivity index (χ4n) is 1.83. The highest BCUT2D eigenvalue weighted by molar-refractivity contribution is 5.47. The second kappa shape index (κ2) is 4.79. The van der Waals surface area contributed by atoms with Crippen LogP contribution in [-0.2, 0) is 15.9 Å². The average Bonchev–Trinajstić information content (AvgIpc) is 2.69. The summed E-state index contributed by atoms with van der Waals surface area (Å²) in [6, 6.07) is 4.74. The molecule has 19 heavy (non-hydrogen) atoms. The molecule has 6 nitrogen and oxygen atoms in total. The second-order valence-corrected chi connectivity index (χ2v) is 4.63. The van der Waals surface area contributed by atoms with Gasteiger partial charge in [-0.25, -0.2) is 0 Å². The summed E-state index contributed by atoms with van der Waals surface area (Å²) in [5.74, 6) is 0.308. The van der Waals surface area contributed by atoms with E-state index in [-0.39, 0.29) is 5.69 Å². The van der Waals surface area contributed by atoms with Crippen molar-refractivity contribution in [3.8, 4) is 5.75 Å². The highest BCUT2D eigenvalue weighted by Gasteiger charge is 2.29. The molecule has 0 saturated heterocycles. The van der Waals surface area contributed by atoms with E-state index in [1.54, 1.807) is 26.0 Å². The van der Waals surface area contributed by atoms with Gasteiger partial charge >= 0.3 is 0 Å². The van der Waals surface area contributed by atoms with Crippen LogP contribution >= 0.6 is 0 Å². The summed E-state index contributed by atoms with van der Waals surface area (Å²) in [5.41, 5.74) is 0.562. The molecule has 1 aromatic rings. The summed E-state index contributed by atoms with van der Waals surface area (Å²) < 4.78 is 15.8. The SMILES string of the molecule is COc1ccc(CC2=COC(C)(C)O2)c([N+](=O)[O-])c1. The van der Waals surface area contributed by atoms with Crippen LogP contribution < -0.4 is 4.74 Å². The molecule has 1 heterocycles. The second-order valence-electron chi connectivity index (χ2n) is 4.63. The summed E-state index contributed by atoms with van der Waals surface area (Å²) >= 11 is 0. The third kappa shape index (κ3) is 2.96. The van der Waals surface area contributed by atoms with Crippen LogP contribution in [0, 0.1) is 10.1 Å². The largest absolute Gasteiger partial charge is 0.497 e. The number of nitro benzene ring substituents is 1. The van der Waals surface area contributed by atoms with E-state index in [0.717, 1.165) is 0 Å². The molecule has 0 unspecified atom stereocenters. The Bertz CT molecular complexity index is 536. The number of benzene rings is 1. The minimum absolute atomic E-state index is 0.00792. The van der Waals surface area contributed by atoms with E-state index in [0.29, 0.717) is 23.5 Å². The van der Waals surface area contributed by atoms with Gasteiger partial charge in [-0.3, -0.25) is 10.1 Å². The molecule has 0 aromatic heterocycles. The number of hydrogen-bond donors (Lipinski definition) is 0. The maximum absolute atomic E-state index is 11.0. The first kappa shape index (κ1) is 13.2. The Labute approximate surface area is 110 Å². The molecule has 2 rings (SSSR count). The Morgan fingerprint density at radius 3 is 2.68 bits per heavy atom. The third-order valence-corrected chi connectivity index (χ3v) is 2.70. The molecule has 102 valence electrons. The monoisotopic (exact) mass is 265 g/mol. The minimum Gasteiger partial charge on any atom is -0.497 e.